The van der Waals surface area contributed by atoms with E-state index in [2.05, 4.69) is 10.3 Å². The van der Waals surface area contributed by atoms with Crippen LogP contribution < -0.4 is 5.32 Å². The molecule has 0 aliphatic carbocycles. The molecule has 0 bridgehead atoms. The Bertz CT molecular complexity index is 1270. The van der Waals surface area contributed by atoms with E-state index >= 15 is 0 Å². The molecule has 0 saturated carbocycles. The summed E-state index contributed by atoms with van der Waals surface area (Å²) in [7, 11) is 0. The van der Waals surface area contributed by atoms with Crippen LogP contribution >= 0.6 is 0 Å². The molecule has 0 fully saturated rings. The number of benzene rings is 3. The topological polar surface area (TPSA) is 68.3 Å². The molecule has 154 valence electrons. The third-order valence-electron chi connectivity index (χ3n) is 4.71. The Labute approximate surface area is 178 Å². The van der Waals surface area contributed by atoms with Gasteiger partial charge >= 0.3 is 5.97 Å². The fraction of sp³-hybridized carbons (Fsp3) is 0.0800. The number of rotatable bonds is 5. The molecule has 0 aliphatic rings. The molecule has 0 radical (unpaired) electrons. The number of esters is 1. The second kappa shape index (κ2) is 8.75. The number of amides is 1. The highest BCUT2D eigenvalue weighted by Gasteiger charge is 2.16. The Morgan fingerprint density at radius 3 is 2.52 bits per heavy atom. The quantitative estimate of drug-likeness (QED) is 0.459. The Morgan fingerprint density at radius 2 is 1.74 bits per heavy atom. The Hall–Kier alpha value is -4.06. The van der Waals surface area contributed by atoms with E-state index in [0.29, 0.717) is 27.8 Å². The number of pyridine rings is 1. The van der Waals surface area contributed by atoms with Gasteiger partial charge in [0.05, 0.1) is 16.8 Å². The van der Waals surface area contributed by atoms with Crippen LogP contribution in [0.25, 0.3) is 22.2 Å². The standard InChI is InChI=1S/C25H19FN2O3/c1-16-5-4-6-19(13-16)27-24(29)15-31-25(30)21-14-23(17-9-11-18(26)12-10-17)28-22-8-3-2-7-20(21)22/h2-14H,15H2,1H3,(H,27,29). The summed E-state index contributed by atoms with van der Waals surface area (Å²) < 4.78 is 18.6. The summed E-state index contributed by atoms with van der Waals surface area (Å²) >= 11 is 0. The van der Waals surface area contributed by atoms with E-state index in [1.165, 1.54) is 12.1 Å². The van der Waals surface area contributed by atoms with Crippen molar-refractivity contribution >= 4 is 28.5 Å². The third kappa shape index (κ3) is 4.75. The molecule has 4 rings (SSSR count). The van der Waals surface area contributed by atoms with E-state index in [-0.39, 0.29) is 11.4 Å². The summed E-state index contributed by atoms with van der Waals surface area (Å²) in [6.07, 6.45) is 0. The Morgan fingerprint density at radius 1 is 0.968 bits per heavy atom. The highest BCUT2D eigenvalue weighted by molar-refractivity contribution is 6.05. The maximum atomic E-state index is 13.3. The molecule has 1 heterocycles. The number of nitrogens with one attached hydrogen (secondary N) is 1. The van der Waals surface area contributed by atoms with Crippen molar-refractivity contribution in [3.05, 3.63) is 95.8 Å². The lowest BCUT2D eigenvalue weighted by molar-refractivity contribution is -0.119. The lowest BCUT2D eigenvalue weighted by atomic mass is 10.0. The minimum atomic E-state index is -0.638. The largest absolute Gasteiger partial charge is 0.452 e. The van der Waals surface area contributed by atoms with Gasteiger partial charge in [-0.3, -0.25) is 4.79 Å². The zero-order chi connectivity index (χ0) is 21.8. The minimum absolute atomic E-state index is 0.285. The maximum absolute atomic E-state index is 13.3. The van der Waals surface area contributed by atoms with Crippen molar-refractivity contribution in [2.45, 2.75) is 6.92 Å². The molecule has 5 nitrogen and oxygen atoms in total. The van der Waals surface area contributed by atoms with E-state index in [1.807, 2.05) is 31.2 Å². The van der Waals surface area contributed by atoms with Crippen LogP contribution in [0.2, 0.25) is 0 Å². The van der Waals surface area contributed by atoms with Crippen LogP contribution in [0.4, 0.5) is 10.1 Å². The van der Waals surface area contributed by atoms with Crippen molar-refractivity contribution < 1.29 is 18.7 Å². The number of hydrogen-bond acceptors (Lipinski definition) is 4. The summed E-state index contributed by atoms with van der Waals surface area (Å²) in [6, 6.07) is 21.9. The fourth-order valence-corrected chi connectivity index (χ4v) is 3.24. The number of aryl methyl sites for hydroxylation is 1. The van der Waals surface area contributed by atoms with E-state index in [4.69, 9.17) is 4.74 Å². The highest BCUT2D eigenvalue weighted by Crippen LogP contribution is 2.25. The first-order valence-electron chi connectivity index (χ1n) is 9.69. The number of fused-ring (bicyclic) bond motifs is 1. The van der Waals surface area contributed by atoms with Gasteiger partial charge in [0.2, 0.25) is 0 Å². The monoisotopic (exact) mass is 414 g/mol. The SMILES string of the molecule is Cc1cccc(NC(=O)COC(=O)c2cc(-c3ccc(F)cc3)nc3ccccc23)c1. The average molecular weight is 414 g/mol. The van der Waals surface area contributed by atoms with Crippen LogP contribution in [0.5, 0.6) is 0 Å². The molecule has 1 amide bonds. The number of aromatic nitrogens is 1. The Kier molecular flexibility index (Phi) is 5.71. The summed E-state index contributed by atoms with van der Waals surface area (Å²) in [5, 5.41) is 3.31. The summed E-state index contributed by atoms with van der Waals surface area (Å²) in [5.41, 5.74) is 3.70. The smallest absolute Gasteiger partial charge is 0.339 e. The highest BCUT2D eigenvalue weighted by atomic mass is 19.1. The first kappa shape index (κ1) is 20.2. The zero-order valence-corrected chi connectivity index (χ0v) is 16.8. The first-order chi connectivity index (χ1) is 15.0. The zero-order valence-electron chi connectivity index (χ0n) is 16.8. The van der Waals surface area contributed by atoms with Gasteiger partial charge in [-0.25, -0.2) is 14.2 Å². The Balaban J connectivity index is 1.56. The van der Waals surface area contributed by atoms with Crippen LogP contribution in [0, 0.1) is 12.7 Å². The van der Waals surface area contributed by atoms with Crippen LogP contribution in [-0.4, -0.2) is 23.5 Å². The molecule has 1 aromatic heterocycles. The van der Waals surface area contributed by atoms with Crippen LogP contribution in [-0.2, 0) is 9.53 Å². The lowest BCUT2D eigenvalue weighted by Crippen LogP contribution is -2.21. The van der Waals surface area contributed by atoms with Gasteiger partial charge in [0.25, 0.3) is 5.91 Å². The number of para-hydroxylation sites is 1. The molecule has 1 N–H and O–H groups in total. The van der Waals surface area contributed by atoms with Crippen molar-refractivity contribution in [3.63, 3.8) is 0 Å². The molecule has 3 aromatic carbocycles. The summed E-state index contributed by atoms with van der Waals surface area (Å²) in [4.78, 5) is 29.6. The summed E-state index contributed by atoms with van der Waals surface area (Å²) in [6.45, 7) is 1.50. The van der Waals surface area contributed by atoms with Crippen molar-refractivity contribution in [2.75, 3.05) is 11.9 Å². The van der Waals surface area contributed by atoms with Gasteiger partial charge < -0.3 is 10.1 Å². The molecule has 0 saturated heterocycles. The third-order valence-corrected chi connectivity index (χ3v) is 4.71. The predicted octanol–water partition coefficient (Wildman–Crippen LogP) is 5.14. The van der Waals surface area contributed by atoms with Gasteiger partial charge in [0.15, 0.2) is 6.61 Å². The predicted molar refractivity (Wildman–Crippen MR) is 117 cm³/mol. The molecule has 0 atom stereocenters. The molecule has 0 unspecified atom stereocenters. The van der Waals surface area contributed by atoms with Crippen molar-refractivity contribution in [1.29, 1.82) is 0 Å². The minimum Gasteiger partial charge on any atom is -0.452 e. The van der Waals surface area contributed by atoms with Crippen LogP contribution in [0.3, 0.4) is 0 Å². The van der Waals surface area contributed by atoms with Gasteiger partial charge in [0.1, 0.15) is 5.82 Å². The second-order valence-electron chi connectivity index (χ2n) is 7.07. The van der Waals surface area contributed by atoms with E-state index in [1.54, 1.807) is 42.5 Å². The van der Waals surface area contributed by atoms with Gasteiger partial charge in [0, 0.05) is 16.6 Å². The van der Waals surface area contributed by atoms with Crippen molar-refractivity contribution in [1.82, 2.24) is 4.98 Å². The van der Waals surface area contributed by atoms with E-state index < -0.39 is 18.5 Å². The summed E-state index contributed by atoms with van der Waals surface area (Å²) in [5.74, 6) is -1.43. The van der Waals surface area contributed by atoms with E-state index in [9.17, 15) is 14.0 Å². The van der Waals surface area contributed by atoms with E-state index in [0.717, 1.165) is 5.56 Å². The molecular formula is C25H19FN2O3. The van der Waals surface area contributed by atoms with Crippen molar-refractivity contribution in [3.8, 4) is 11.3 Å². The number of ether oxygens (including phenoxy) is 1. The molecule has 0 aliphatic heterocycles. The average Bonchev–Trinajstić information content (AvgIpc) is 2.77. The lowest BCUT2D eigenvalue weighted by Gasteiger charge is -2.11. The van der Waals surface area contributed by atoms with Crippen LogP contribution in [0.15, 0.2) is 78.9 Å². The van der Waals surface area contributed by atoms with Gasteiger partial charge in [-0.05, 0) is 61.0 Å². The molecule has 6 heteroatoms. The normalized spacial score (nSPS) is 10.6. The number of nitrogens with zero attached hydrogens (tertiary/aromatic N) is 1. The molecule has 4 aromatic rings. The second-order valence-corrected chi connectivity index (χ2v) is 7.07. The van der Waals surface area contributed by atoms with Gasteiger partial charge in [-0.2, -0.15) is 0 Å². The molecular weight excluding hydrogens is 395 g/mol. The van der Waals surface area contributed by atoms with Crippen molar-refractivity contribution in [2.24, 2.45) is 0 Å². The van der Waals surface area contributed by atoms with Gasteiger partial charge in [-0.15, -0.1) is 0 Å². The fourth-order valence-electron chi connectivity index (χ4n) is 3.24. The number of carbonyl (C=O) groups excluding carboxylic acids is 2. The molecule has 0 spiro atoms. The number of hydrogen-bond donors (Lipinski definition) is 1. The molecule has 31 heavy (non-hydrogen) atoms. The van der Waals surface area contributed by atoms with Gasteiger partial charge in [-0.1, -0.05) is 30.3 Å². The number of anilines is 1. The van der Waals surface area contributed by atoms with Crippen LogP contribution in [0.1, 0.15) is 15.9 Å². The maximum Gasteiger partial charge on any atom is 0.339 e. The number of carbonyl (C=O) groups is 2. The number of halogens is 1. The first-order valence-corrected chi connectivity index (χ1v) is 9.69.